The van der Waals surface area contributed by atoms with Gasteiger partial charge >= 0.3 is 0 Å². The predicted molar refractivity (Wildman–Crippen MR) is 340 cm³/mol. The molecule has 0 spiro atoms. The summed E-state index contributed by atoms with van der Waals surface area (Å²) in [6.45, 7) is 32.5. The molecule has 0 N–H and O–H groups in total. The van der Waals surface area contributed by atoms with Crippen molar-refractivity contribution in [1.82, 2.24) is 0 Å². The molecule has 1 aromatic heterocycles. The van der Waals surface area contributed by atoms with Crippen LogP contribution >= 0.6 is 11.3 Å². The lowest BCUT2D eigenvalue weighted by Gasteiger charge is -2.43. The number of thiophene rings is 1. The monoisotopic (exact) mass is 1030 g/mol. The zero-order valence-electron chi connectivity index (χ0n) is 48.1. The fourth-order valence-corrected chi connectivity index (χ4v) is 14.2. The van der Waals surface area contributed by atoms with Gasteiger partial charge in [0.2, 0.25) is 0 Å². The van der Waals surface area contributed by atoms with E-state index in [9.17, 15) is 0 Å². The number of benzene rings is 9. The van der Waals surface area contributed by atoms with Gasteiger partial charge in [-0.2, -0.15) is 0 Å². The highest BCUT2D eigenvalue weighted by Gasteiger charge is 2.46. The van der Waals surface area contributed by atoms with Crippen LogP contribution in [-0.2, 0) is 27.1 Å². The van der Waals surface area contributed by atoms with Gasteiger partial charge in [-0.1, -0.05) is 182 Å². The summed E-state index contributed by atoms with van der Waals surface area (Å²) < 4.78 is 2.71. The molecule has 78 heavy (non-hydrogen) atoms. The molecular formula is C73H72BN3S. The fourth-order valence-electron chi connectivity index (χ4n) is 12.9. The van der Waals surface area contributed by atoms with E-state index in [1.54, 1.807) is 0 Å². The molecule has 3 nitrogen and oxygen atoms in total. The molecule has 13 rings (SSSR count). The molecule has 0 radical (unpaired) electrons. The third kappa shape index (κ3) is 7.97. The Kier molecular flexibility index (Phi) is 11.2. The first-order valence-electron chi connectivity index (χ1n) is 28.2. The lowest BCUT2D eigenvalue weighted by atomic mass is 9.36. The van der Waals surface area contributed by atoms with Gasteiger partial charge in [-0.05, 0) is 185 Å². The van der Waals surface area contributed by atoms with E-state index in [0.717, 1.165) is 22.7 Å². The van der Waals surface area contributed by atoms with Gasteiger partial charge in [0.1, 0.15) is 0 Å². The van der Waals surface area contributed by atoms with Crippen molar-refractivity contribution in [2.75, 3.05) is 14.7 Å². The Bertz CT molecular complexity index is 3960. The van der Waals surface area contributed by atoms with Crippen LogP contribution in [0.2, 0.25) is 0 Å². The van der Waals surface area contributed by atoms with E-state index < -0.39 is 0 Å². The van der Waals surface area contributed by atoms with Crippen molar-refractivity contribution in [2.45, 2.75) is 124 Å². The molecule has 0 amide bonds. The van der Waals surface area contributed by atoms with Gasteiger partial charge < -0.3 is 14.7 Å². The van der Waals surface area contributed by atoms with E-state index in [-0.39, 0.29) is 33.8 Å². The second-order valence-electron chi connectivity index (χ2n) is 27.2. The number of anilines is 9. The summed E-state index contributed by atoms with van der Waals surface area (Å²) in [5.41, 5.74) is 24.0. The van der Waals surface area contributed by atoms with Gasteiger partial charge in [-0.15, -0.1) is 11.3 Å². The van der Waals surface area contributed by atoms with Crippen LogP contribution in [0.4, 0.5) is 51.2 Å². The van der Waals surface area contributed by atoms with Crippen LogP contribution < -0.4 is 30.4 Å². The number of rotatable bonds is 5. The standard InChI is InChI=1S/C73H72BN3S/c1-69(2,3)47-22-30-51(31-23-47)75(52-32-24-48(25-33-52)70(4,5)6)55-38-39-61-64(42-55)76(53-34-26-49(27-35-53)71(7,8)9)62-20-17-21-63-66(62)74(61)68-67(77(63)54-36-28-50(29-37-54)72(10,11)12)58-43-57-56-40-45-18-15-16-19-46(45)41-59(56)73(13,14)60(57)44-65(58)78-68/h15-44H,1-14H3. The average Bonchev–Trinajstić information content (AvgIpc) is 3.97. The molecule has 3 heterocycles. The van der Waals surface area contributed by atoms with Crippen LogP contribution in [0.15, 0.2) is 182 Å². The van der Waals surface area contributed by atoms with Gasteiger partial charge in [-0.3, -0.25) is 0 Å². The summed E-state index contributed by atoms with van der Waals surface area (Å²) in [6, 6.07) is 70.7. The Hall–Kier alpha value is -7.34. The average molecular weight is 1030 g/mol. The SMILES string of the molecule is CC(C)(C)c1ccc(N(c2ccc(C(C)(C)C)cc2)c2ccc3c(c2)N(c2ccc(C(C)(C)C)cc2)c2cccc4c2B3c2sc3cc5c(cc3c2N4c2ccc(C(C)(C)C)cc2)-c2cc3ccccc3cc2C5(C)C)cc1. The van der Waals surface area contributed by atoms with Crippen LogP contribution in [0.5, 0.6) is 0 Å². The van der Waals surface area contributed by atoms with Crippen LogP contribution in [0.25, 0.3) is 32.0 Å². The van der Waals surface area contributed by atoms with Gasteiger partial charge in [0.25, 0.3) is 6.71 Å². The van der Waals surface area contributed by atoms with E-state index in [1.807, 2.05) is 11.3 Å². The number of nitrogens with zero attached hydrogens (tertiary/aromatic N) is 3. The first-order chi connectivity index (χ1) is 36.9. The Morgan fingerprint density at radius 2 is 0.872 bits per heavy atom. The van der Waals surface area contributed by atoms with Crippen LogP contribution in [0.3, 0.4) is 0 Å². The molecule has 0 atom stereocenters. The van der Waals surface area contributed by atoms with Crippen molar-refractivity contribution in [3.63, 3.8) is 0 Å². The summed E-state index contributed by atoms with van der Waals surface area (Å²) in [5.74, 6) is 0. The second kappa shape index (κ2) is 17.3. The van der Waals surface area contributed by atoms with Crippen LogP contribution in [0.1, 0.15) is 130 Å². The molecule has 1 aliphatic carbocycles. The minimum atomic E-state index is -0.158. The Balaban J connectivity index is 1.08. The van der Waals surface area contributed by atoms with E-state index in [2.05, 4.69) is 294 Å². The third-order valence-corrected chi connectivity index (χ3v) is 18.7. The maximum absolute atomic E-state index is 2.62. The molecule has 9 aromatic carbocycles. The maximum Gasteiger partial charge on any atom is 0.264 e. The van der Waals surface area contributed by atoms with Gasteiger partial charge in [0, 0.05) is 65.8 Å². The Morgan fingerprint density at radius 3 is 1.40 bits per heavy atom. The lowest BCUT2D eigenvalue weighted by Crippen LogP contribution is -2.60. The van der Waals surface area contributed by atoms with Crippen LogP contribution in [-0.4, -0.2) is 6.71 Å². The van der Waals surface area contributed by atoms with E-state index >= 15 is 0 Å². The van der Waals surface area contributed by atoms with Crippen molar-refractivity contribution in [2.24, 2.45) is 0 Å². The van der Waals surface area contributed by atoms with Gasteiger partial charge in [0.05, 0.1) is 5.69 Å². The quantitative estimate of drug-likeness (QED) is 0.159. The zero-order chi connectivity index (χ0) is 54.6. The van der Waals surface area contributed by atoms with Crippen molar-refractivity contribution >= 4 is 106 Å². The molecule has 0 saturated carbocycles. The minimum absolute atomic E-state index is 0.0139. The molecule has 0 bridgehead atoms. The zero-order valence-corrected chi connectivity index (χ0v) is 49.0. The summed E-state index contributed by atoms with van der Waals surface area (Å²) in [5, 5.41) is 3.89. The highest BCUT2D eigenvalue weighted by atomic mass is 32.1. The van der Waals surface area contributed by atoms with E-state index in [1.165, 1.54) is 110 Å². The smallest absolute Gasteiger partial charge is 0.264 e. The predicted octanol–water partition coefficient (Wildman–Crippen LogP) is 19.1. The molecular weight excluding hydrogens is 962 g/mol. The first-order valence-corrected chi connectivity index (χ1v) is 29.0. The first kappa shape index (κ1) is 50.2. The van der Waals surface area contributed by atoms with Crippen LogP contribution in [0, 0.1) is 0 Å². The summed E-state index contributed by atoms with van der Waals surface area (Å²) in [4.78, 5) is 7.65. The molecule has 2 aliphatic heterocycles. The second-order valence-corrected chi connectivity index (χ2v) is 28.2. The molecule has 0 saturated heterocycles. The van der Waals surface area contributed by atoms with Crippen molar-refractivity contribution in [3.05, 3.63) is 215 Å². The number of hydrogen-bond acceptors (Lipinski definition) is 4. The minimum Gasteiger partial charge on any atom is -0.311 e. The normalized spacial score (nSPS) is 14.6. The highest BCUT2D eigenvalue weighted by molar-refractivity contribution is 7.33. The van der Waals surface area contributed by atoms with E-state index in [0.29, 0.717) is 0 Å². The Labute approximate surface area is 468 Å². The number of fused-ring (bicyclic) bond motifs is 10. The summed E-state index contributed by atoms with van der Waals surface area (Å²) >= 11 is 2.00. The van der Waals surface area contributed by atoms with Crippen molar-refractivity contribution in [1.29, 1.82) is 0 Å². The highest BCUT2D eigenvalue weighted by Crippen LogP contribution is 2.55. The largest absolute Gasteiger partial charge is 0.311 e. The van der Waals surface area contributed by atoms with E-state index in [4.69, 9.17) is 0 Å². The molecule has 3 aliphatic rings. The van der Waals surface area contributed by atoms with Gasteiger partial charge in [-0.25, -0.2) is 0 Å². The summed E-state index contributed by atoms with van der Waals surface area (Å²) in [6.07, 6.45) is 0. The molecule has 5 heteroatoms. The van der Waals surface area contributed by atoms with Crippen molar-refractivity contribution < 1.29 is 0 Å². The molecule has 10 aromatic rings. The molecule has 388 valence electrons. The maximum atomic E-state index is 2.62. The Morgan fingerprint density at radius 1 is 0.423 bits per heavy atom. The molecule has 0 fully saturated rings. The van der Waals surface area contributed by atoms with Gasteiger partial charge in [0.15, 0.2) is 0 Å². The van der Waals surface area contributed by atoms with Crippen molar-refractivity contribution in [3.8, 4) is 11.1 Å². The molecule has 0 unspecified atom stereocenters. The third-order valence-electron chi connectivity index (χ3n) is 17.5. The summed E-state index contributed by atoms with van der Waals surface area (Å²) in [7, 11) is 0. The number of hydrogen-bond donors (Lipinski definition) is 0. The lowest BCUT2D eigenvalue weighted by molar-refractivity contribution is 0.590. The fraction of sp³-hybridized carbons (Fsp3) is 0.260. The topological polar surface area (TPSA) is 9.72 Å².